The first-order valence-electron chi connectivity index (χ1n) is 6.26. The summed E-state index contributed by atoms with van der Waals surface area (Å²) in [4.78, 5) is 4.68. The number of imidazole rings is 1. The summed E-state index contributed by atoms with van der Waals surface area (Å²) in [5.74, 6) is 1.85. The summed E-state index contributed by atoms with van der Waals surface area (Å²) >= 11 is 6.24. The number of aromatic nitrogens is 2. The Hall–Kier alpha value is -1.02. The Balaban J connectivity index is 2.15. The van der Waals surface area contributed by atoms with E-state index in [0.29, 0.717) is 0 Å². The average molecular weight is 249 g/mol. The molecular weight excluding hydrogens is 232 g/mol. The van der Waals surface area contributed by atoms with Gasteiger partial charge in [0.25, 0.3) is 0 Å². The second-order valence-corrected chi connectivity index (χ2v) is 5.79. The first-order valence-corrected chi connectivity index (χ1v) is 6.69. The minimum Gasteiger partial charge on any atom is -0.326 e. The highest BCUT2D eigenvalue weighted by Crippen LogP contribution is 2.34. The van der Waals surface area contributed by atoms with Gasteiger partial charge in [-0.15, -0.1) is 11.6 Å². The number of benzene rings is 1. The summed E-state index contributed by atoms with van der Waals surface area (Å²) in [5, 5.41) is -0.0264. The van der Waals surface area contributed by atoms with Gasteiger partial charge in [0, 0.05) is 6.54 Å². The van der Waals surface area contributed by atoms with Crippen molar-refractivity contribution >= 4 is 22.6 Å². The van der Waals surface area contributed by atoms with Gasteiger partial charge in [-0.3, -0.25) is 0 Å². The zero-order valence-corrected chi connectivity index (χ0v) is 11.0. The maximum absolute atomic E-state index is 6.24. The number of halogens is 1. The van der Waals surface area contributed by atoms with Gasteiger partial charge in [0.1, 0.15) is 5.82 Å². The highest BCUT2D eigenvalue weighted by molar-refractivity contribution is 6.20. The van der Waals surface area contributed by atoms with Crippen molar-refractivity contribution in [2.75, 3.05) is 0 Å². The van der Waals surface area contributed by atoms with Crippen LogP contribution in [0.15, 0.2) is 18.2 Å². The highest BCUT2D eigenvalue weighted by Gasteiger charge is 2.25. The van der Waals surface area contributed by atoms with Crippen LogP contribution < -0.4 is 0 Å². The minimum atomic E-state index is -0.0264. The number of fused-ring (bicyclic) bond motifs is 1. The van der Waals surface area contributed by atoms with E-state index in [9.17, 15) is 0 Å². The fraction of sp³-hybridized carbons (Fsp3) is 0.500. The maximum atomic E-state index is 6.24. The second kappa shape index (κ2) is 4.02. The summed E-state index contributed by atoms with van der Waals surface area (Å²) in [6.45, 7) is 5.17. The summed E-state index contributed by atoms with van der Waals surface area (Å²) in [7, 11) is 0. The minimum absolute atomic E-state index is 0.0264. The molecule has 0 saturated heterocycles. The Morgan fingerprint density at radius 2 is 2.24 bits per heavy atom. The number of hydrogen-bond donors (Lipinski definition) is 0. The standard InChI is InChI=1S/C14H17ClN2/c1-9-3-6-13-12(7-9)16-14(10(2)15)17(13)8-11-4-5-11/h3,6-7,10-11H,4-5,8H2,1-2H3. The molecule has 1 aromatic heterocycles. The van der Waals surface area contributed by atoms with Crippen LogP contribution in [0, 0.1) is 12.8 Å². The van der Waals surface area contributed by atoms with Crippen LogP contribution in [0.2, 0.25) is 0 Å². The van der Waals surface area contributed by atoms with Gasteiger partial charge in [-0.25, -0.2) is 4.98 Å². The van der Waals surface area contributed by atoms with Crippen molar-refractivity contribution in [3.8, 4) is 0 Å². The zero-order valence-electron chi connectivity index (χ0n) is 10.3. The van der Waals surface area contributed by atoms with Crippen molar-refractivity contribution in [1.82, 2.24) is 9.55 Å². The van der Waals surface area contributed by atoms with E-state index in [1.807, 2.05) is 6.92 Å². The molecule has 2 aromatic rings. The number of alkyl halides is 1. The molecule has 3 rings (SSSR count). The maximum Gasteiger partial charge on any atom is 0.127 e. The van der Waals surface area contributed by atoms with Gasteiger partial charge in [0.05, 0.1) is 16.4 Å². The number of hydrogen-bond acceptors (Lipinski definition) is 1. The third-order valence-corrected chi connectivity index (χ3v) is 3.62. The molecular formula is C14H17ClN2. The molecule has 90 valence electrons. The fourth-order valence-electron chi connectivity index (χ4n) is 2.31. The molecule has 3 heteroatoms. The van der Waals surface area contributed by atoms with Crippen LogP contribution in [-0.2, 0) is 6.54 Å². The van der Waals surface area contributed by atoms with E-state index in [4.69, 9.17) is 11.6 Å². The van der Waals surface area contributed by atoms with Crippen LogP contribution in [-0.4, -0.2) is 9.55 Å². The van der Waals surface area contributed by atoms with Crippen LogP contribution in [0.3, 0.4) is 0 Å². The summed E-state index contributed by atoms with van der Waals surface area (Å²) < 4.78 is 2.31. The third kappa shape index (κ3) is 2.06. The number of rotatable bonds is 3. The Morgan fingerprint density at radius 1 is 1.47 bits per heavy atom. The molecule has 0 aliphatic heterocycles. The van der Waals surface area contributed by atoms with Crippen molar-refractivity contribution in [3.63, 3.8) is 0 Å². The van der Waals surface area contributed by atoms with Crippen molar-refractivity contribution < 1.29 is 0 Å². The zero-order chi connectivity index (χ0) is 12.0. The van der Waals surface area contributed by atoms with Crippen LogP contribution in [0.4, 0.5) is 0 Å². The normalized spacial score (nSPS) is 17.6. The topological polar surface area (TPSA) is 17.8 Å². The molecule has 1 fully saturated rings. The van der Waals surface area contributed by atoms with Gasteiger partial charge in [-0.1, -0.05) is 6.07 Å². The van der Waals surface area contributed by atoms with E-state index in [2.05, 4.69) is 34.7 Å². The lowest BCUT2D eigenvalue weighted by Gasteiger charge is -2.09. The molecule has 0 N–H and O–H groups in total. The van der Waals surface area contributed by atoms with Gasteiger partial charge in [0.2, 0.25) is 0 Å². The molecule has 17 heavy (non-hydrogen) atoms. The van der Waals surface area contributed by atoms with Gasteiger partial charge in [-0.05, 0) is 50.3 Å². The molecule has 0 spiro atoms. The van der Waals surface area contributed by atoms with E-state index in [-0.39, 0.29) is 5.38 Å². The molecule has 1 unspecified atom stereocenters. The van der Waals surface area contributed by atoms with E-state index in [0.717, 1.165) is 23.8 Å². The predicted molar refractivity (Wildman–Crippen MR) is 71.5 cm³/mol. The van der Waals surface area contributed by atoms with E-state index in [1.165, 1.54) is 23.9 Å². The van der Waals surface area contributed by atoms with Gasteiger partial charge in [-0.2, -0.15) is 0 Å². The fourth-order valence-corrected chi connectivity index (χ4v) is 2.48. The molecule has 1 saturated carbocycles. The van der Waals surface area contributed by atoms with Crippen LogP contribution in [0.5, 0.6) is 0 Å². The highest BCUT2D eigenvalue weighted by atomic mass is 35.5. The summed E-state index contributed by atoms with van der Waals surface area (Å²) in [5.41, 5.74) is 3.56. The van der Waals surface area contributed by atoms with Crippen LogP contribution in [0.25, 0.3) is 11.0 Å². The second-order valence-electron chi connectivity index (χ2n) is 5.13. The van der Waals surface area contributed by atoms with Gasteiger partial charge < -0.3 is 4.57 Å². The Labute approximate surface area is 107 Å². The quantitative estimate of drug-likeness (QED) is 0.750. The molecule has 1 heterocycles. The van der Waals surface area contributed by atoms with Crippen LogP contribution >= 0.6 is 11.6 Å². The number of aryl methyl sites for hydroxylation is 1. The van der Waals surface area contributed by atoms with Crippen LogP contribution in [0.1, 0.15) is 36.5 Å². The van der Waals surface area contributed by atoms with Crippen molar-refractivity contribution in [2.24, 2.45) is 5.92 Å². The van der Waals surface area contributed by atoms with E-state index >= 15 is 0 Å². The first-order chi connectivity index (χ1) is 8.15. The lowest BCUT2D eigenvalue weighted by Crippen LogP contribution is -2.05. The molecule has 2 nitrogen and oxygen atoms in total. The smallest absolute Gasteiger partial charge is 0.127 e. The monoisotopic (exact) mass is 248 g/mol. The lowest BCUT2D eigenvalue weighted by atomic mass is 10.2. The largest absolute Gasteiger partial charge is 0.326 e. The first kappa shape index (κ1) is 11.1. The third-order valence-electron chi connectivity index (χ3n) is 3.43. The average Bonchev–Trinajstić information content (AvgIpc) is 3.00. The van der Waals surface area contributed by atoms with E-state index in [1.54, 1.807) is 0 Å². The predicted octanol–water partition coefficient (Wildman–Crippen LogP) is 4.05. The van der Waals surface area contributed by atoms with E-state index < -0.39 is 0 Å². The molecule has 1 aromatic carbocycles. The Kier molecular flexibility index (Phi) is 2.62. The Bertz CT molecular complexity index is 553. The lowest BCUT2D eigenvalue weighted by molar-refractivity contribution is 0.610. The molecule has 0 amide bonds. The summed E-state index contributed by atoms with van der Waals surface area (Å²) in [6, 6.07) is 6.46. The summed E-state index contributed by atoms with van der Waals surface area (Å²) in [6.07, 6.45) is 2.70. The SMILES string of the molecule is Cc1ccc2c(c1)nc(C(C)Cl)n2CC1CC1. The Morgan fingerprint density at radius 3 is 2.88 bits per heavy atom. The van der Waals surface area contributed by atoms with Gasteiger partial charge in [0.15, 0.2) is 0 Å². The molecule has 1 aliphatic rings. The van der Waals surface area contributed by atoms with Crippen molar-refractivity contribution in [2.45, 2.75) is 38.6 Å². The molecule has 0 bridgehead atoms. The van der Waals surface area contributed by atoms with Crippen molar-refractivity contribution in [1.29, 1.82) is 0 Å². The molecule has 0 radical (unpaired) electrons. The van der Waals surface area contributed by atoms with Gasteiger partial charge >= 0.3 is 0 Å². The molecule has 1 atom stereocenters. The van der Waals surface area contributed by atoms with Crippen molar-refractivity contribution in [3.05, 3.63) is 29.6 Å². The molecule has 1 aliphatic carbocycles. The number of nitrogens with zero attached hydrogens (tertiary/aromatic N) is 2.